The number of aromatic nitrogens is 1. The minimum atomic E-state index is -4.39. The monoisotopic (exact) mass is 452 g/mol. The van der Waals surface area contributed by atoms with Crippen LogP contribution in [0.15, 0.2) is 89.2 Å². The Morgan fingerprint density at radius 1 is 0.844 bits per heavy atom. The molecule has 0 aliphatic rings. The maximum Gasteiger partial charge on any atom is 0.416 e. The molecule has 0 atom stereocenters. The van der Waals surface area contributed by atoms with E-state index < -0.39 is 11.7 Å². The molecular weight excluding hydrogens is 429 g/mol. The van der Waals surface area contributed by atoms with Crippen LogP contribution in [0.4, 0.5) is 18.9 Å². The molecular formula is C26H23F3N2S. The zero-order chi connectivity index (χ0) is 22.7. The van der Waals surface area contributed by atoms with E-state index in [9.17, 15) is 13.2 Å². The number of hydrogen-bond acceptors (Lipinski definition) is 2. The van der Waals surface area contributed by atoms with Gasteiger partial charge in [-0.25, -0.2) is 4.99 Å². The highest BCUT2D eigenvalue weighted by molar-refractivity contribution is 7.07. The first-order valence-corrected chi connectivity index (χ1v) is 11.3. The van der Waals surface area contributed by atoms with E-state index in [4.69, 9.17) is 0 Å². The van der Waals surface area contributed by atoms with E-state index in [1.54, 1.807) is 6.07 Å². The third kappa shape index (κ3) is 5.02. The molecule has 32 heavy (non-hydrogen) atoms. The van der Waals surface area contributed by atoms with Crippen molar-refractivity contribution >= 4 is 17.0 Å². The van der Waals surface area contributed by atoms with Crippen LogP contribution in [-0.4, -0.2) is 4.57 Å². The Morgan fingerprint density at radius 2 is 1.50 bits per heavy atom. The zero-order valence-corrected chi connectivity index (χ0v) is 18.6. The summed E-state index contributed by atoms with van der Waals surface area (Å²) in [6, 6.07) is 23.7. The summed E-state index contributed by atoms with van der Waals surface area (Å²) < 4.78 is 41.4. The molecule has 0 spiro atoms. The molecule has 164 valence electrons. The van der Waals surface area contributed by atoms with E-state index >= 15 is 0 Å². The minimum Gasteiger partial charge on any atom is -0.316 e. The summed E-state index contributed by atoms with van der Waals surface area (Å²) in [6.07, 6.45) is -4.39. The summed E-state index contributed by atoms with van der Waals surface area (Å²) in [5, 5.41) is 2.02. The van der Waals surface area contributed by atoms with Crippen LogP contribution in [0, 0.1) is 5.92 Å². The molecule has 1 heterocycles. The van der Waals surface area contributed by atoms with Crippen molar-refractivity contribution in [1.82, 2.24) is 4.57 Å². The Kier molecular flexibility index (Phi) is 6.33. The molecule has 2 nitrogen and oxygen atoms in total. The SMILES string of the molecule is CC(C)Cn1c(-c2ccc(-c3ccccc3)cc2)csc1=Nc1cccc(C(F)(F)F)c1. The van der Waals surface area contributed by atoms with E-state index in [1.807, 2.05) is 23.6 Å². The molecule has 0 saturated heterocycles. The quantitative estimate of drug-likeness (QED) is 0.294. The number of thiazole rings is 1. The van der Waals surface area contributed by atoms with Crippen LogP contribution in [-0.2, 0) is 12.7 Å². The van der Waals surface area contributed by atoms with Crippen LogP contribution >= 0.6 is 11.3 Å². The van der Waals surface area contributed by atoms with E-state index in [1.165, 1.54) is 17.4 Å². The fourth-order valence-electron chi connectivity index (χ4n) is 3.52. The highest BCUT2D eigenvalue weighted by atomic mass is 32.1. The summed E-state index contributed by atoms with van der Waals surface area (Å²) in [5.41, 5.74) is 3.95. The molecule has 0 unspecified atom stereocenters. The van der Waals surface area contributed by atoms with Gasteiger partial charge in [0.15, 0.2) is 4.80 Å². The van der Waals surface area contributed by atoms with Gasteiger partial charge in [0, 0.05) is 11.9 Å². The largest absolute Gasteiger partial charge is 0.416 e. The Labute approximate surface area is 189 Å². The van der Waals surface area contributed by atoms with Gasteiger partial charge in [-0.1, -0.05) is 74.5 Å². The van der Waals surface area contributed by atoms with Crippen molar-refractivity contribution in [2.75, 3.05) is 0 Å². The van der Waals surface area contributed by atoms with E-state index in [0.717, 1.165) is 41.1 Å². The Bertz CT molecular complexity index is 1250. The molecule has 0 amide bonds. The molecule has 1 aromatic heterocycles. The van der Waals surface area contributed by atoms with Gasteiger partial charge in [0.25, 0.3) is 0 Å². The number of hydrogen-bond donors (Lipinski definition) is 0. The van der Waals surface area contributed by atoms with Crippen LogP contribution in [0.2, 0.25) is 0 Å². The topological polar surface area (TPSA) is 17.3 Å². The number of alkyl halides is 3. The zero-order valence-electron chi connectivity index (χ0n) is 17.8. The fourth-order valence-corrected chi connectivity index (χ4v) is 4.46. The molecule has 4 rings (SSSR count). The van der Waals surface area contributed by atoms with Crippen molar-refractivity contribution in [1.29, 1.82) is 0 Å². The van der Waals surface area contributed by atoms with Gasteiger partial charge < -0.3 is 4.57 Å². The molecule has 0 bridgehead atoms. The lowest BCUT2D eigenvalue weighted by molar-refractivity contribution is -0.137. The first-order valence-electron chi connectivity index (χ1n) is 10.4. The number of halogens is 3. The Hall–Kier alpha value is -3.12. The van der Waals surface area contributed by atoms with Crippen LogP contribution in [0.1, 0.15) is 19.4 Å². The lowest BCUT2D eigenvalue weighted by atomic mass is 10.0. The van der Waals surface area contributed by atoms with Gasteiger partial charge >= 0.3 is 6.18 Å². The van der Waals surface area contributed by atoms with Crippen molar-refractivity contribution < 1.29 is 13.2 Å². The fraction of sp³-hybridized carbons (Fsp3) is 0.192. The number of benzene rings is 3. The van der Waals surface area contributed by atoms with Gasteiger partial charge in [-0.05, 0) is 40.8 Å². The van der Waals surface area contributed by atoms with Crippen molar-refractivity contribution in [3.63, 3.8) is 0 Å². The van der Waals surface area contributed by atoms with Crippen molar-refractivity contribution in [2.45, 2.75) is 26.6 Å². The van der Waals surface area contributed by atoms with E-state index in [2.05, 4.69) is 59.8 Å². The predicted octanol–water partition coefficient (Wildman–Crippen LogP) is 7.79. The molecule has 0 N–H and O–H groups in total. The average molecular weight is 453 g/mol. The summed E-state index contributed by atoms with van der Waals surface area (Å²) in [4.78, 5) is 5.24. The first kappa shape index (κ1) is 22.1. The third-order valence-corrected chi connectivity index (χ3v) is 5.90. The van der Waals surface area contributed by atoms with Crippen LogP contribution < -0.4 is 4.80 Å². The molecule has 4 aromatic rings. The standard InChI is InChI=1S/C26H23F3N2S/c1-18(2)16-31-24(21-13-11-20(12-14-21)19-7-4-3-5-8-19)17-32-25(31)30-23-10-6-9-22(15-23)26(27,28)29/h3-15,17-18H,16H2,1-2H3. The van der Waals surface area contributed by atoms with Crippen molar-refractivity contribution in [3.8, 4) is 22.4 Å². The van der Waals surface area contributed by atoms with Crippen LogP contribution in [0.3, 0.4) is 0 Å². The first-order chi connectivity index (χ1) is 15.3. The van der Waals surface area contributed by atoms with Gasteiger partial charge in [-0.15, -0.1) is 11.3 Å². The van der Waals surface area contributed by atoms with E-state index in [-0.39, 0.29) is 0 Å². The van der Waals surface area contributed by atoms with Gasteiger partial charge in [-0.2, -0.15) is 13.2 Å². The molecule has 0 aliphatic carbocycles. The second-order valence-corrected chi connectivity index (χ2v) is 8.85. The highest BCUT2D eigenvalue weighted by Crippen LogP contribution is 2.31. The molecule has 0 fully saturated rings. The number of nitrogens with zero attached hydrogens (tertiary/aromatic N) is 2. The Balaban J connectivity index is 1.74. The average Bonchev–Trinajstić information content (AvgIpc) is 3.15. The van der Waals surface area contributed by atoms with Gasteiger partial charge in [0.2, 0.25) is 0 Å². The molecule has 0 aliphatic heterocycles. The molecule has 0 saturated carbocycles. The second-order valence-electron chi connectivity index (χ2n) is 8.01. The van der Waals surface area contributed by atoms with Crippen molar-refractivity contribution in [3.05, 3.63) is 94.6 Å². The van der Waals surface area contributed by atoms with Gasteiger partial charge in [-0.3, -0.25) is 0 Å². The summed E-state index contributed by atoms with van der Waals surface area (Å²) >= 11 is 1.44. The number of rotatable bonds is 5. The molecule has 0 radical (unpaired) electrons. The van der Waals surface area contributed by atoms with Crippen LogP contribution in [0.5, 0.6) is 0 Å². The third-order valence-electron chi connectivity index (χ3n) is 5.03. The predicted molar refractivity (Wildman–Crippen MR) is 125 cm³/mol. The van der Waals surface area contributed by atoms with E-state index in [0.29, 0.717) is 16.4 Å². The molecule has 6 heteroatoms. The smallest absolute Gasteiger partial charge is 0.316 e. The van der Waals surface area contributed by atoms with Crippen molar-refractivity contribution in [2.24, 2.45) is 10.9 Å². The van der Waals surface area contributed by atoms with Gasteiger partial charge in [0.05, 0.1) is 16.9 Å². The summed E-state index contributed by atoms with van der Waals surface area (Å²) in [7, 11) is 0. The summed E-state index contributed by atoms with van der Waals surface area (Å²) in [6.45, 7) is 4.94. The maximum absolute atomic E-state index is 13.1. The van der Waals surface area contributed by atoms with Gasteiger partial charge in [0.1, 0.15) is 0 Å². The lowest BCUT2D eigenvalue weighted by Gasteiger charge is -2.12. The minimum absolute atomic E-state index is 0.296. The maximum atomic E-state index is 13.1. The molecule has 3 aromatic carbocycles. The second kappa shape index (κ2) is 9.17. The summed E-state index contributed by atoms with van der Waals surface area (Å²) in [5.74, 6) is 0.354. The van der Waals surface area contributed by atoms with Crippen LogP contribution in [0.25, 0.3) is 22.4 Å². The Morgan fingerprint density at radius 3 is 2.16 bits per heavy atom. The highest BCUT2D eigenvalue weighted by Gasteiger charge is 2.30. The lowest BCUT2D eigenvalue weighted by Crippen LogP contribution is -2.19. The normalized spacial score (nSPS) is 12.5.